The quantitative estimate of drug-likeness (QED) is 0.426. The Morgan fingerprint density at radius 3 is 1.90 bits per heavy atom. The van der Waals surface area contributed by atoms with E-state index >= 15 is 0 Å². The van der Waals surface area contributed by atoms with Gasteiger partial charge in [0.05, 0.1) is 0 Å². The van der Waals surface area contributed by atoms with E-state index < -0.39 is 5.24 Å². The molecule has 0 unspecified atom stereocenters. The van der Waals surface area contributed by atoms with Gasteiger partial charge in [-0.05, 0) is 30.0 Å². The van der Waals surface area contributed by atoms with Crippen molar-refractivity contribution in [3.8, 4) is 0 Å². The van der Waals surface area contributed by atoms with E-state index in [9.17, 15) is 4.79 Å². The summed E-state index contributed by atoms with van der Waals surface area (Å²) in [6.45, 7) is 8.02. The standard InChI is InChI=1S/C8H13ClO/c1-6(5-7(9)10)8(2,3)4/h5H,1-4H3/b6-5+. The zero-order chi connectivity index (χ0) is 8.36. The largest absolute Gasteiger partial charge is 0.276 e. The van der Waals surface area contributed by atoms with Crippen LogP contribution in [-0.2, 0) is 4.79 Å². The van der Waals surface area contributed by atoms with Crippen molar-refractivity contribution in [2.45, 2.75) is 27.7 Å². The zero-order valence-corrected chi connectivity index (χ0v) is 7.62. The van der Waals surface area contributed by atoms with Crippen LogP contribution in [0.5, 0.6) is 0 Å². The predicted molar refractivity (Wildman–Crippen MR) is 44.1 cm³/mol. The van der Waals surface area contributed by atoms with Crippen LogP contribution in [0.25, 0.3) is 0 Å². The van der Waals surface area contributed by atoms with Crippen molar-refractivity contribution in [1.29, 1.82) is 0 Å². The number of rotatable bonds is 1. The summed E-state index contributed by atoms with van der Waals surface area (Å²) in [5.74, 6) is 0. The summed E-state index contributed by atoms with van der Waals surface area (Å²) in [7, 11) is 0. The highest BCUT2D eigenvalue weighted by atomic mass is 35.5. The van der Waals surface area contributed by atoms with Gasteiger partial charge in [-0.3, -0.25) is 4.79 Å². The molecule has 1 nitrogen and oxygen atoms in total. The molecule has 0 radical (unpaired) electrons. The molecule has 0 N–H and O–H groups in total. The maximum Gasteiger partial charge on any atom is 0.245 e. The van der Waals surface area contributed by atoms with E-state index in [0.29, 0.717) is 0 Å². The van der Waals surface area contributed by atoms with Gasteiger partial charge in [-0.2, -0.15) is 0 Å². The summed E-state index contributed by atoms with van der Waals surface area (Å²) in [6, 6.07) is 0. The lowest BCUT2D eigenvalue weighted by Gasteiger charge is -2.18. The van der Waals surface area contributed by atoms with Crippen molar-refractivity contribution < 1.29 is 4.79 Å². The molecule has 0 aliphatic heterocycles. The van der Waals surface area contributed by atoms with Crippen molar-refractivity contribution in [3.63, 3.8) is 0 Å². The maximum absolute atomic E-state index is 10.4. The lowest BCUT2D eigenvalue weighted by Crippen LogP contribution is -2.07. The topological polar surface area (TPSA) is 17.1 Å². The summed E-state index contributed by atoms with van der Waals surface area (Å²) < 4.78 is 0. The Morgan fingerprint density at radius 2 is 1.80 bits per heavy atom. The van der Waals surface area contributed by atoms with Crippen LogP contribution in [0.1, 0.15) is 27.7 Å². The van der Waals surface area contributed by atoms with Gasteiger partial charge in [0.1, 0.15) is 0 Å². The van der Waals surface area contributed by atoms with Gasteiger partial charge in [-0.25, -0.2) is 0 Å². The van der Waals surface area contributed by atoms with Crippen LogP contribution < -0.4 is 0 Å². The molecule has 0 saturated heterocycles. The highest BCUT2D eigenvalue weighted by Crippen LogP contribution is 2.24. The van der Waals surface area contributed by atoms with E-state index in [1.165, 1.54) is 6.08 Å². The fraction of sp³-hybridized carbons (Fsp3) is 0.625. The van der Waals surface area contributed by atoms with Crippen LogP contribution in [0.15, 0.2) is 11.6 Å². The van der Waals surface area contributed by atoms with Gasteiger partial charge in [0, 0.05) is 0 Å². The molecule has 0 rings (SSSR count). The predicted octanol–water partition coefficient (Wildman–Crippen LogP) is 2.74. The van der Waals surface area contributed by atoms with E-state index in [1.807, 2.05) is 27.7 Å². The summed E-state index contributed by atoms with van der Waals surface area (Å²) in [6.07, 6.45) is 1.46. The highest BCUT2D eigenvalue weighted by Gasteiger charge is 2.12. The van der Waals surface area contributed by atoms with Crippen molar-refractivity contribution in [1.82, 2.24) is 0 Å². The second-order valence-corrected chi connectivity index (χ2v) is 3.75. The van der Waals surface area contributed by atoms with Crippen LogP contribution in [0.3, 0.4) is 0 Å². The third kappa shape index (κ3) is 3.67. The lowest BCUT2D eigenvalue weighted by atomic mass is 9.88. The highest BCUT2D eigenvalue weighted by molar-refractivity contribution is 6.66. The normalized spacial score (nSPS) is 13.5. The van der Waals surface area contributed by atoms with Crippen molar-refractivity contribution >= 4 is 16.8 Å². The molecule has 0 aliphatic rings. The molecule has 0 heterocycles. The fourth-order valence-corrected chi connectivity index (χ4v) is 0.550. The Labute approximate surface area is 67.1 Å². The third-order valence-corrected chi connectivity index (χ3v) is 1.62. The van der Waals surface area contributed by atoms with E-state index in [1.54, 1.807) is 0 Å². The second-order valence-electron chi connectivity index (χ2n) is 3.38. The summed E-state index contributed by atoms with van der Waals surface area (Å²) in [5, 5.41) is -0.396. The molecule has 0 aliphatic carbocycles. The van der Waals surface area contributed by atoms with Gasteiger partial charge in [0.25, 0.3) is 0 Å². The molecule has 0 fully saturated rings. The minimum Gasteiger partial charge on any atom is -0.276 e. The van der Waals surface area contributed by atoms with Crippen LogP contribution in [-0.4, -0.2) is 5.24 Å². The van der Waals surface area contributed by atoms with Crippen LogP contribution >= 0.6 is 11.6 Å². The number of carbonyl (C=O) groups excluding carboxylic acids is 1. The minimum absolute atomic E-state index is 0.0462. The smallest absolute Gasteiger partial charge is 0.245 e. The molecule has 0 aromatic heterocycles. The first-order valence-corrected chi connectivity index (χ1v) is 3.60. The molecule has 0 spiro atoms. The summed E-state index contributed by atoms with van der Waals surface area (Å²) in [4.78, 5) is 10.4. The minimum atomic E-state index is -0.396. The lowest BCUT2D eigenvalue weighted by molar-refractivity contribution is -0.107. The maximum atomic E-state index is 10.4. The monoisotopic (exact) mass is 160 g/mol. The van der Waals surface area contributed by atoms with E-state index in [2.05, 4.69) is 0 Å². The van der Waals surface area contributed by atoms with E-state index in [-0.39, 0.29) is 5.41 Å². The van der Waals surface area contributed by atoms with Gasteiger partial charge in [-0.15, -0.1) is 0 Å². The number of allylic oxidation sites excluding steroid dienone is 2. The number of carbonyl (C=O) groups is 1. The Bertz CT molecular complexity index is 163. The molecule has 0 atom stereocenters. The average Bonchev–Trinajstić information content (AvgIpc) is 1.60. The molecule has 10 heavy (non-hydrogen) atoms. The van der Waals surface area contributed by atoms with Crippen LogP contribution in [0.2, 0.25) is 0 Å². The summed E-state index contributed by atoms with van der Waals surface area (Å²) >= 11 is 5.16. The zero-order valence-electron chi connectivity index (χ0n) is 6.86. The third-order valence-electron chi connectivity index (χ3n) is 1.51. The first-order valence-electron chi connectivity index (χ1n) is 3.22. The Balaban J connectivity index is 4.35. The molecule has 2 heteroatoms. The SMILES string of the molecule is C/C(=C\C(=O)Cl)C(C)(C)C. The van der Waals surface area contributed by atoms with E-state index in [0.717, 1.165) is 5.57 Å². The van der Waals surface area contributed by atoms with Crippen LogP contribution in [0.4, 0.5) is 0 Å². The molecule has 0 bridgehead atoms. The summed E-state index contributed by atoms with van der Waals surface area (Å²) in [5.41, 5.74) is 1.05. The van der Waals surface area contributed by atoms with Crippen molar-refractivity contribution in [2.24, 2.45) is 5.41 Å². The Hall–Kier alpha value is -0.300. The van der Waals surface area contributed by atoms with Gasteiger partial charge in [0.2, 0.25) is 5.24 Å². The molecule has 0 aromatic rings. The first-order chi connectivity index (χ1) is 4.34. The number of halogens is 1. The fourth-order valence-electron chi connectivity index (χ4n) is 0.387. The molecular weight excluding hydrogens is 148 g/mol. The van der Waals surface area contributed by atoms with Gasteiger partial charge < -0.3 is 0 Å². The molecular formula is C8H13ClO. The van der Waals surface area contributed by atoms with Gasteiger partial charge in [-0.1, -0.05) is 26.3 Å². The van der Waals surface area contributed by atoms with Crippen molar-refractivity contribution in [3.05, 3.63) is 11.6 Å². The molecule has 0 aromatic carbocycles. The van der Waals surface area contributed by atoms with Gasteiger partial charge >= 0.3 is 0 Å². The number of hydrogen-bond acceptors (Lipinski definition) is 1. The average molecular weight is 161 g/mol. The van der Waals surface area contributed by atoms with E-state index in [4.69, 9.17) is 11.6 Å². The Morgan fingerprint density at radius 1 is 1.40 bits per heavy atom. The van der Waals surface area contributed by atoms with Gasteiger partial charge in [0.15, 0.2) is 0 Å². The number of hydrogen-bond donors (Lipinski definition) is 0. The molecule has 58 valence electrons. The first kappa shape index (κ1) is 9.70. The van der Waals surface area contributed by atoms with Crippen LogP contribution in [0, 0.1) is 5.41 Å². The molecule has 0 saturated carbocycles. The second kappa shape index (κ2) is 3.20. The molecule has 0 amide bonds. The Kier molecular flexibility index (Phi) is 3.10. The van der Waals surface area contributed by atoms with Crippen molar-refractivity contribution in [2.75, 3.05) is 0 Å².